The molecule has 0 heterocycles. The predicted octanol–water partition coefficient (Wildman–Crippen LogP) is 2.03. The molecule has 0 saturated heterocycles. The molecule has 1 atom stereocenters. The fraction of sp³-hybridized carbons (Fsp3) is 0.588. The van der Waals surface area contributed by atoms with Gasteiger partial charge in [0.05, 0.1) is 19.8 Å². The van der Waals surface area contributed by atoms with Gasteiger partial charge >= 0.3 is 0 Å². The first-order valence-electron chi connectivity index (χ1n) is 8.00. The summed E-state index contributed by atoms with van der Waals surface area (Å²) in [6.07, 6.45) is 4.72. The van der Waals surface area contributed by atoms with Crippen molar-refractivity contribution in [2.24, 2.45) is 5.73 Å². The van der Waals surface area contributed by atoms with Gasteiger partial charge in [-0.2, -0.15) is 0 Å². The highest BCUT2D eigenvalue weighted by atomic mass is 35.5. The summed E-state index contributed by atoms with van der Waals surface area (Å²) in [5, 5.41) is 2.82. The number of carbonyl (C=O) groups excluding carboxylic acids is 1. The Kier molecular flexibility index (Phi) is 8.89. The number of nitrogens with two attached hydrogens (primary N) is 1. The molecule has 0 bridgehead atoms. The summed E-state index contributed by atoms with van der Waals surface area (Å²) in [7, 11) is 3.14. The number of hydrogen-bond acceptors (Lipinski definition) is 5. The molecule has 1 aromatic carbocycles. The summed E-state index contributed by atoms with van der Waals surface area (Å²) in [5.41, 5.74) is 6.61. The Labute approximate surface area is 149 Å². The van der Waals surface area contributed by atoms with Crippen molar-refractivity contribution in [3.8, 4) is 11.5 Å². The second-order valence-corrected chi connectivity index (χ2v) is 5.75. The highest BCUT2D eigenvalue weighted by Crippen LogP contribution is 2.34. The van der Waals surface area contributed by atoms with Crippen molar-refractivity contribution in [1.82, 2.24) is 5.32 Å². The number of methoxy groups -OCH3 is 2. The minimum Gasteiger partial charge on any atom is -0.493 e. The number of carbonyl (C=O) groups is 1. The van der Waals surface area contributed by atoms with E-state index in [1.807, 2.05) is 18.2 Å². The molecule has 7 heteroatoms. The van der Waals surface area contributed by atoms with Crippen LogP contribution in [-0.4, -0.2) is 38.9 Å². The van der Waals surface area contributed by atoms with E-state index in [0.29, 0.717) is 18.0 Å². The zero-order valence-electron chi connectivity index (χ0n) is 14.2. The number of rotatable bonds is 8. The lowest BCUT2D eigenvalue weighted by Crippen LogP contribution is -2.43. The van der Waals surface area contributed by atoms with E-state index in [1.54, 1.807) is 7.11 Å². The molecule has 0 aliphatic heterocycles. The molecule has 0 aromatic heterocycles. The van der Waals surface area contributed by atoms with Crippen LogP contribution < -0.4 is 20.5 Å². The third-order valence-electron chi connectivity index (χ3n) is 4.00. The molecule has 3 N–H and O–H groups in total. The Hall–Kier alpha value is -1.50. The first-order chi connectivity index (χ1) is 11.2. The van der Waals surface area contributed by atoms with Gasteiger partial charge in [0, 0.05) is 19.2 Å². The molecule has 1 unspecified atom stereocenters. The molecule has 1 aliphatic rings. The number of nitrogens with one attached hydrogen (secondary N) is 1. The highest BCUT2D eigenvalue weighted by Gasteiger charge is 2.21. The van der Waals surface area contributed by atoms with Crippen LogP contribution in [0.25, 0.3) is 0 Å². The highest BCUT2D eigenvalue weighted by molar-refractivity contribution is 5.85. The van der Waals surface area contributed by atoms with Gasteiger partial charge in [-0.3, -0.25) is 4.79 Å². The average Bonchev–Trinajstić information content (AvgIpc) is 3.06. The molecule has 24 heavy (non-hydrogen) atoms. The van der Waals surface area contributed by atoms with E-state index < -0.39 is 6.04 Å². The molecule has 6 nitrogen and oxygen atoms in total. The average molecular weight is 359 g/mol. The maximum atomic E-state index is 11.9. The zero-order chi connectivity index (χ0) is 16.7. The lowest BCUT2D eigenvalue weighted by Gasteiger charge is -2.20. The van der Waals surface area contributed by atoms with Crippen LogP contribution in [0.4, 0.5) is 0 Å². The van der Waals surface area contributed by atoms with E-state index in [9.17, 15) is 4.79 Å². The monoisotopic (exact) mass is 358 g/mol. The number of benzene rings is 1. The van der Waals surface area contributed by atoms with Gasteiger partial charge in [0.2, 0.25) is 5.91 Å². The number of hydrogen-bond donors (Lipinski definition) is 2. The van der Waals surface area contributed by atoms with Crippen molar-refractivity contribution in [1.29, 1.82) is 0 Å². The van der Waals surface area contributed by atoms with Crippen molar-refractivity contribution in [2.45, 2.75) is 44.4 Å². The van der Waals surface area contributed by atoms with Crippen molar-refractivity contribution in [3.05, 3.63) is 23.8 Å². The molecule has 1 amide bonds. The van der Waals surface area contributed by atoms with Crippen molar-refractivity contribution in [2.75, 3.05) is 20.8 Å². The van der Waals surface area contributed by atoms with E-state index in [2.05, 4.69) is 5.32 Å². The zero-order valence-corrected chi connectivity index (χ0v) is 15.1. The van der Waals surface area contributed by atoms with Crippen LogP contribution in [0.1, 0.15) is 31.2 Å². The summed E-state index contributed by atoms with van der Waals surface area (Å²) < 4.78 is 16.4. The normalized spacial score (nSPS) is 15.5. The minimum absolute atomic E-state index is 0. The van der Waals surface area contributed by atoms with Crippen molar-refractivity contribution < 1.29 is 19.0 Å². The maximum Gasteiger partial charge on any atom is 0.239 e. The summed E-state index contributed by atoms with van der Waals surface area (Å²) in [5.74, 6) is 1.15. The third-order valence-corrected chi connectivity index (χ3v) is 4.00. The number of para-hydroxylation sites is 1. The summed E-state index contributed by atoms with van der Waals surface area (Å²) in [6, 6.07) is 5.00. The van der Waals surface area contributed by atoms with Crippen LogP contribution in [0.3, 0.4) is 0 Å². The van der Waals surface area contributed by atoms with Gasteiger partial charge in [-0.1, -0.05) is 12.1 Å². The molecular formula is C17H27ClN2O4. The Bertz CT molecular complexity index is 521. The van der Waals surface area contributed by atoms with Crippen LogP contribution in [0.15, 0.2) is 18.2 Å². The van der Waals surface area contributed by atoms with E-state index >= 15 is 0 Å². The Morgan fingerprint density at radius 1 is 1.33 bits per heavy atom. The van der Waals surface area contributed by atoms with Gasteiger partial charge in [0.1, 0.15) is 6.04 Å². The van der Waals surface area contributed by atoms with Gasteiger partial charge in [-0.15, -0.1) is 12.4 Å². The SMILES string of the molecule is COCC(N)C(=O)NCc1cccc(OC)c1OC1CCCC1.Cl. The molecule has 2 rings (SSSR count). The Morgan fingerprint density at radius 2 is 2.04 bits per heavy atom. The minimum atomic E-state index is -0.676. The van der Waals surface area contributed by atoms with Gasteiger partial charge in [0.25, 0.3) is 0 Å². The molecular weight excluding hydrogens is 332 g/mol. The van der Waals surface area contributed by atoms with Gasteiger partial charge < -0.3 is 25.3 Å². The topological polar surface area (TPSA) is 82.8 Å². The van der Waals surface area contributed by atoms with Crippen molar-refractivity contribution in [3.63, 3.8) is 0 Å². The fourth-order valence-corrected chi connectivity index (χ4v) is 2.74. The second kappa shape index (κ2) is 10.4. The predicted molar refractivity (Wildman–Crippen MR) is 94.8 cm³/mol. The van der Waals surface area contributed by atoms with E-state index in [1.165, 1.54) is 20.0 Å². The molecule has 0 spiro atoms. The lowest BCUT2D eigenvalue weighted by atomic mass is 10.1. The van der Waals surface area contributed by atoms with E-state index in [0.717, 1.165) is 18.4 Å². The second-order valence-electron chi connectivity index (χ2n) is 5.75. The first kappa shape index (κ1) is 20.5. The third kappa shape index (κ3) is 5.54. The quantitative estimate of drug-likeness (QED) is 0.743. The number of halogens is 1. The van der Waals surface area contributed by atoms with E-state index in [-0.39, 0.29) is 31.0 Å². The summed E-state index contributed by atoms with van der Waals surface area (Å²) in [6.45, 7) is 0.533. The smallest absolute Gasteiger partial charge is 0.239 e. The van der Waals surface area contributed by atoms with Gasteiger partial charge in [-0.05, 0) is 31.7 Å². The Balaban J connectivity index is 0.00000288. The van der Waals surface area contributed by atoms with Crippen LogP contribution >= 0.6 is 12.4 Å². The molecule has 1 aliphatic carbocycles. The summed E-state index contributed by atoms with van der Waals surface area (Å²) >= 11 is 0. The molecule has 1 fully saturated rings. The fourth-order valence-electron chi connectivity index (χ4n) is 2.74. The number of amides is 1. The van der Waals surface area contributed by atoms with E-state index in [4.69, 9.17) is 19.9 Å². The first-order valence-corrected chi connectivity index (χ1v) is 8.00. The summed E-state index contributed by atoms with van der Waals surface area (Å²) in [4.78, 5) is 11.9. The van der Waals surface area contributed by atoms with Crippen LogP contribution in [0.5, 0.6) is 11.5 Å². The maximum absolute atomic E-state index is 11.9. The number of ether oxygens (including phenoxy) is 3. The molecule has 1 saturated carbocycles. The van der Waals surface area contributed by atoms with Crippen LogP contribution in [0, 0.1) is 0 Å². The lowest BCUT2D eigenvalue weighted by molar-refractivity contribution is -0.123. The van der Waals surface area contributed by atoms with Gasteiger partial charge in [-0.25, -0.2) is 0 Å². The van der Waals surface area contributed by atoms with Crippen LogP contribution in [-0.2, 0) is 16.1 Å². The largest absolute Gasteiger partial charge is 0.493 e. The standard InChI is InChI=1S/C17H26N2O4.ClH/c1-21-11-14(18)17(20)19-10-12-6-5-9-15(22-2)16(12)23-13-7-3-4-8-13;/h5-6,9,13-14H,3-4,7-8,10-11,18H2,1-2H3,(H,19,20);1H. The van der Waals surface area contributed by atoms with Gasteiger partial charge in [0.15, 0.2) is 11.5 Å². The van der Waals surface area contributed by atoms with Crippen LogP contribution in [0.2, 0.25) is 0 Å². The molecule has 0 radical (unpaired) electrons. The Morgan fingerprint density at radius 3 is 2.67 bits per heavy atom. The molecule has 136 valence electrons. The van der Waals surface area contributed by atoms with Crippen molar-refractivity contribution >= 4 is 18.3 Å². The molecule has 1 aromatic rings.